The standard InChI is InChI=1S/C17H16N2/c1-12-6-7-17(14(8-12)10-18)19-11-15-9-13-4-2-3-5-16(13)15/h2-8,15,19H,9,11H2,1H3. The van der Waals surface area contributed by atoms with Gasteiger partial charge in [-0.3, -0.25) is 0 Å². The van der Waals surface area contributed by atoms with E-state index in [0.29, 0.717) is 5.92 Å². The summed E-state index contributed by atoms with van der Waals surface area (Å²) in [6, 6.07) is 16.8. The Labute approximate surface area is 113 Å². The second-order valence-corrected chi connectivity index (χ2v) is 5.14. The van der Waals surface area contributed by atoms with Gasteiger partial charge in [0.25, 0.3) is 0 Å². The van der Waals surface area contributed by atoms with E-state index in [2.05, 4.69) is 35.7 Å². The molecule has 1 N–H and O–H groups in total. The molecule has 0 amide bonds. The van der Waals surface area contributed by atoms with E-state index in [1.165, 1.54) is 11.1 Å². The fourth-order valence-corrected chi connectivity index (χ4v) is 2.68. The topological polar surface area (TPSA) is 35.8 Å². The smallest absolute Gasteiger partial charge is 0.101 e. The van der Waals surface area contributed by atoms with Gasteiger partial charge >= 0.3 is 0 Å². The average Bonchev–Trinajstić information content (AvgIpc) is 2.41. The second-order valence-electron chi connectivity index (χ2n) is 5.14. The van der Waals surface area contributed by atoms with Crippen molar-refractivity contribution in [3.63, 3.8) is 0 Å². The number of rotatable bonds is 3. The Morgan fingerprint density at radius 3 is 2.89 bits per heavy atom. The Bertz CT molecular complexity index is 653. The fraction of sp³-hybridized carbons (Fsp3) is 0.235. The zero-order valence-corrected chi connectivity index (χ0v) is 11.0. The monoisotopic (exact) mass is 248 g/mol. The molecule has 1 aliphatic rings. The lowest BCUT2D eigenvalue weighted by molar-refractivity contribution is 0.636. The van der Waals surface area contributed by atoms with E-state index >= 15 is 0 Å². The van der Waals surface area contributed by atoms with Crippen LogP contribution < -0.4 is 5.32 Å². The highest BCUT2D eigenvalue weighted by Gasteiger charge is 2.24. The summed E-state index contributed by atoms with van der Waals surface area (Å²) in [6.45, 7) is 2.90. The van der Waals surface area contributed by atoms with E-state index < -0.39 is 0 Å². The fourth-order valence-electron chi connectivity index (χ4n) is 2.68. The first-order chi connectivity index (χ1) is 9.28. The molecule has 1 atom stereocenters. The van der Waals surface area contributed by atoms with Crippen LogP contribution in [0.15, 0.2) is 42.5 Å². The highest BCUT2D eigenvalue weighted by molar-refractivity contribution is 5.59. The van der Waals surface area contributed by atoms with Crippen molar-refractivity contribution in [1.29, 1.82) is 5.26 Å². The van der Waals surface area contributed by atoms with E-state index in [0.717, 1.165) is 29.8 Å². The van der Waals surface area contributed by atoms with Gasteiger partial charge in [0.1, 0.15) is 6.07 Å². The lowest BCUT2D eigenvalue weighted by Crippen LogP contribution is -2.24. The van der Waals surface area contributed by atoms with Crippen LogP contribution in [0.2, 0.25) is 0 Å². The lowest BCUT2D eigenvalue weighted by atomic mass is 9.77. The molecule has 0 heterocycles. The number of anilines is 1. The molecule has 0 spiro atoms. The largest absolute Gasteiger partial charge is 0.383 e. The van der Waals surface area contributed by atoms with E-state index in [9.17, 15) is 0 Å². The molecule has 2 aromatic carbocycles. The quantitative estimate of drug-likeness (QED) is 0.900. The molecule has 3 rings (SSSR count). The predicted molar refractivity (Wildman–Crippen MR) is 77.3 cm³/mol. The minimum atomic E-state index is 0.573. The Hall–Kier alpha value is -2.27. The van der Waals surface area contributed by atoms with Crippen molar-refractivity contribution in [3.05, 3.63) is 64.7 Å². The molecule has 0 aliphatic heterocycles. The maximum absolute atomic E-state index is 9.15. The third-order valence-electron chi connectivity index (χ3n) is 3.80. The molecule has 2 heteroatoms. The molecule has 19 heavy (non-hydrogen) atoms. The van der Waals surface area contributed by atoms with Gasteiger partial charge in [-0.15, -0.1) is 0 Å². The number of hydrogen-bond donors (Lipinski definition) is 1. The van der Waals surface area contributed by atoms with Gasteiger partial charge in [-0.1, -0.05) is 30.3 Å². The van der Waals surface area contributed by atoms with Gasteiger partial charge < -0.3 is 5.32 Å². The third kappa shape index (κ3) is 2.20. The highest BCUT2D eigenvalue weighted by atomic mass is 14.9. The number of hydrogen-bond acceptors (Lipinski definition) is 2. The summed E-state index contributed by atoms with van der Waals surface area (Å²) in [5, 5.41) is 12.6. The zero-order chi connectivity index (χ0) is 13.2. The van der Waals surface area contributed by atoms with E-state index in [1.807, 2.05) is 25.1 Å². The summed E-state index contributed by atoms with van der Waals surface area (Å²) in [4.78, 5) is 0. The molecule has 0 bridgehead atoms. The molecule has 2 aromatic rings. The predicted octanol–water partition coefficient (Wildman–Crippen LogP) is 3.62. The average molecular weight is 248 g/mol. The maximum Gasteiger partial charge on any atom is 0.101 e. The van der Waals surface area contributed by atoms with Crippen molar-refractivity contribution in [3.8, 4) is 6.07 Å². The summed E-state index contributed by atoms with van der Waals surface area (Å²) in [5.74, 6) is 0.573. The molecular formula is C17H16N2. The van der Waals surface area contributed by atoms with Gasteiger partial charge in [0.05, 0.1) is 11.3 Å². The number of nitrogens with zero attached hydrogens (tertiary/aromatic N) is 1. The number of benzene rings is 2. The Morgan fingerprint density at radius 2 is 2.11 bits per heavy atom. The first-order valence-corrected chi connectivity index (χ1v) is 6.60. The molecule has 0 radical (unpaired) electrons. The van der Waals surface area contributed by atoms with Crippen LogP contribution in [0.1, 0.15) is 28.2 Å². The second kappa shape index (κ2) is 4.78. The van der Waals surface area contributed by atoms with Crippen molar-refractivity contribution in [2.75, 3.05) is 11.9 Å². The van der Waals surface area contributed by atoms with Crippen molar-refractivity contribution in [2.45, 2.75) is 19.3 Å². The van der Waals surface area contributed by atoms with Crippen LogP contribution in [-0.4, -0.2) is 6.54 Å². The molecule has 1 unspecified atom stereocenters. The number of nitriles is 1. The van der Waals surface area contributed by atoms with Gasteiger partial charge in [-0.05, 0) is 42.2 Å². The zero-order valence-electron chi connectivity index (χ0n) is 11.0. The first kappa shape index (κ1) is 11.8. The Kier molecular flexibility index (Phi) is 2.97. The first-order valence-electron chi connectivity index (χ1n) is 6.60. The molecule has 94 valence electrons. The molecular weight excluding hydrogens is 232 g/mol. The molecule has 0 fully saturated rings. The van der Waals surface area contributed by atoms with Crippen LogP contribution in [0.3, 0.4) is 0 Å². The van der Waals surface area contributed by atoms with Crippen molar-refractivity contribution in [1.82, 2.24) is 0 Å². The van der Waals surface area contributed by atoms with Crippen LogP contribution >= 0.6 is 0 Å². The third-order valence-corrected chi connectivity index (χ3v) is 3.80. The number of fused-ring (bicyclic) bond motifs is 1. The summed E-state index contributed by atoms with van der Waals surface area (Å²) < 4.78 is 0. The number of nitrogens with one attached hydrogen (secondary N) is 1. The maximum atomic E-state index is 9.15. The lowest BCUT2D eigenvalue weighted by Gasteiger charge is -2.30. The SMILES string of the molecule is Cc1ccc(NCC2Cc3ccccc32)c(C#N)c1. The van der Waals surface area contributed by atoms with Gasteiger partial charge in [-0.25, -0.2) is 0 Å². The van der Waals surface area contributed by atoms with Gasteiger partial charge in [-0.2, -0.15) is 5.26 Å². The van der Waals surface area contributed by atoms with Gasteiger partial charge in [0.2, 0.25) is 0 Å². The van der Waals surface area contributed by atoms with Crippen LogP contribution in [0.25, 0.3) is 0 Å². The molecule has 0 saturated heterocycles. The van der Waals surface area contributed by atoms with E-state index in [4.69, 9.17) is 5.26 Å². The minimum absolute atomic E-state index is 0.573. The van der Waals surface area contributed by atoms with Crippen LogP contribution in [0.4, 0.5) is 5.69 Å². The van der Waals surface area contributed by atoms with E-state index in [1.54, 1.807) is 0 Å². The normalized spacial score (nSPS) is 16.1. The van der Waals surface area contributed by atoms with Crippen molar-refractivity contribution in [2.24, 2.45) is 0 Å². The molecule has 0 aromatic heterocycles. The Morgan fingerprint density at radius 1 is 1.26 bits per heavy atom. The summed E-state index contributed by atoms with van der Waals surface area (Å²) >= 11 is 0. The van der Waals surface area contributed by atoms with Crippen LogP contribution in [0.5, 0.6) is 0 Å². The summed E-state index contributed by atoms with van der Waals surface area (Å²) in [7, 11) is 0. The van der Waals surface area contributed by atoms with Crippen molar-refractivity contribution < 1.29 is 0 Å². The highest BCUT2D eigenvalue weighted by Crippen LogP contribution is 2.34. The molecule has 0 saturated carbocycles. The van der Waals surface area contributed by atoms with E-state index in [-0.39, 0.29) is 0 Å². The summed E-state index contributed by atoms with van der Waals surface area (Å²) in [6.07, 6.45) is 1.14. The van der Waals surface area contributed by atoms with Gasteiger partial charge in [0.15, 0.2) is 0 Å². The van der Waals surface area contributed by atoms with Crippen molar-refractivity contribution >= 4 is 5.69 Å². The molecule has 2 nitrogen and oxygen atoms in total. The minimum Gasteiger partial charge on any atom is -0.383 e. The van der Waals surface area contributed by atoms with Crippen LogP contribution in [-0.2, 0) is 6.42 Å². The van der Waals surface area contributed by atoms with Gasteiger partial charge in [0, 0.05) is 12.5 Å². The summed E-state index contributed by atoms with van der Waals surface area (Å²) in [5.41, 5.74) is 5.69. The van der Waals surface area contributed by atoms with Crippen LogP contribution in [0, 0.1) is 18.3 Å². The molecule has 1 aliphatic carbocycles. The number of aryl methyl sites for hydroxylation is 1. The Balaban J connectivity index is 1.70.